The lowest BCUT2D eigenvalue weighted by Gasteiger charge is -2.17. The maximum atomic E-state index is 11.7. The third-order valence-electron chi connectivity index (χ3n) is 7.24. The lowest BCUT2D eigenvalue weighted by Crippen LogP contribution is -2.11. The molecule has 0 bridgehead atoms. The van der Waals surface area contributed by atoms with Crippen molar-refractivity contribution < 1.29 is 23.7 Å². The monoisotopic (exact) mass is 486 g/mol. The molecule has 0 N–H and O–H groups in total. The van der Waals surface area contributed by atoms with Gasteiger partial charge in [-0.1, -0.05) is 24.3 Å². The summed E-state index contributed by atoms with van der Waals surface area (Å²) in [6, 6.07) is 18.7. The van der Waals surface area contributed by atoms with Crippen molar-refractivity contribution in [1.29, 1.82) is 0 Å². The van der Waals surface area contributed by atoms with E-state index in [1.165, 1.54) is 42.2 Å². The second-order valence-electron chi connectivity index (χ2n) is 9.93. The molecule has 0 spiro atoms. The van der Waals surface area contributed by atoms with Crippen LogP contribution < -0.4 is 14.2 Å². The third-order valence-corrected chi connectivity index (χ3v) is 7.24. The number of aryl methyl sites for hydroxylation is 2. The summed E-state index contributed by atoms with van der Waals surface area (Å²) in [6.07, 6.45) is 5.54. The molecule has 1 atom stereocenters. The largest absolute Gasteiger partial charge is 0.492 e. The molecule has 3 aromatic rings. The van der Waals surface area contributed by atoms with E-state index in [0.29, 0.717) is 25.7 Å². The average Bonchev–Trinajstić information content (AvgIpc) is 3.52. The van der Waals surface area contributed by atoms with Crippen LogP contribution in [0.15, 0.2) is 54.6 Å². The molecule has 2 aliphatic rings. The maximum Gasteiger partial charge on any atom is 0.306 e. The smallest absolute Gasteiger partial charge is 0.306 e. The van der Waals surface area contributed by atoms with Gasteiger partial charge in [0.1, 0.15) is 23.9 Å². The summed E-state index contributed by atoms with van der Waals surface area (Å²) in [5.41, 5.74) is 7.00. The predicted molar refractivity (Wildman–Crippen MR) is 140 cm³/mol. The molecule has 5 rings (SSSR count). The van der Waals surface area contributed by atoms with E-state index in [4.69, 9.17) is 18.9 Å². The Morgan fingerprint density at radius 1 is 0.972 bits per heavy atom. The molecule has 1 saturated carbocycles. The first kappa shape index (κ1) is 24.2. The minimum Gasteiger partial charge on any atom is -0.492 e. The van der Waals surface area contributed by atoms with Crippen molar-refractivity contribution in [1.82, 2.24) is 0 Å². The van der Waals surface area contributed by atoms with Crippen molar-refractivity contribution in [2.45, 2.75) is 64.6 Å². The number of benzene rings is 3. The Morgan fingerprint density at radius 3 is 2.50 bits per heavy atom. The van der Waals surface area contributed by atoms with Crippen LogP contribution >= 0.6 is 0 Å². The third kappa shape index (κ3) is 5.35. The standard InChI is InChI=1S/C31H34O5/c1-20-13-27(36-25-9-4-5-10-25)14-21(2)31(20)23-8-6-7-22(15-23)18-34-26-11-12-28-24(16-30(32)33-3)19-35-29(28)17-26/h6-8,11-15,17,24-25H,4-5,9-10,16,18-19H2,1-3H3. The van der Waals surface area contributed by atoms with Gasteiger partial charge in [-0.15, -0.1) is 0 Å². The van der Waals surface area contributed by atoms with Crippen LogP contribution in [0.5, 0.6) is 17.2 Å². The number of ether oxygens (including phenoxy) is 4. The number of esters is 1. The second-order valence-corrected chi connectivity index (χ2v) is 9.93. The molecule has 1 aliphatic heterocycles. The lowest BCUT2D eigenvalue weighted by molar-refractivity contribution is -0.141. The highest BCUT2D eigenvalue weighted by Crippen LogP contribution is 2.39. The normalized spacial score (nSPS) is 16.9. The number of carbonyl (C=O) groups excluding carboxylic acids is 1. The van der Waals surface area contributed by atoms with E-state index in [1.807, 2.05) is 18.2 Å². The van der Waals surface area contributed by atoms with Crippen LogP contribution in [0.2, 0.25) is 0 Å². The van der Waals surface area contributed by atoms with Crippen molar-refractivity contribution >= 4 is 5.97 Å². The zero-order valence-electron chi connectivity index (χ0n) is 21.3. The van der Waals surface area contributed by atoms with Gasteiger partial charge in [0.15, 0.2) is 0 Å². The fourth-order valence-corrected chi connectivity index (χ4v) is 5.43. The summed E-state index contributed by atoms with van der Waals surface area (Å²) < 4.78 is 23.0. The van der Waals surface area contributed by atoms with E-state index in [9.17, 15) is 4.79 Å². The van der Waals surface area contributed by atoms with Crippen LogP contribution in [0.1, 0.15) is 60.3 Å². The molecule has 188 valence electrons. The summed E-state index contributed by atoms with van der Waals surface area (Å²) in [7, 11) is 1.41. The van der Waals surface area contributed by atoms with Crippen LogP contribution in [0.4, 0.5) is 0 Å². The van der Waals surface area contributed by atoms with Gasteiger partial charge in [-0.2, -0.15) is 0 Å². The summed E-state index contributed by atoms with van der Waals surface area (Å²) in [4.78, 5) is 11.7. The Morgan fingerprint density at radius 2 is 1.75 bits per heavy atom. The summed E-state index contributed by atoms with van der Waals surface area (Å²) in [5.74, 6) is 2.31. The van der Waals surface area contributed by atoms with Crippen molar-refractivity contribution in [3.8, 4) is 28.4 Å². The minimum absolute atomic E-state index is 0.0274. The molecule has 5 nitrogen and oxygen atoms in total. The molecule has 36 heavy (non-hydrogen) atoms. The SMILES string of the molecule is COC(=O)CC1COc2cc(OCc3cccc(-c4c(C)cc(OC5CCCC5)cc4C)c3)ccc21. The van der Waals surface area contributed by atoms with Gasteiger partial charge in [-0.3, -0.25) is 4.79 Å². The molecule has 0 amide bonds. The molecule has 3 aromatic carbocycles. The molecule has 1 fully saturated rings. The van der Waals surface area contributed by atoms with Gasteiger partial charge >= 0.3 is 5.97 Å². The van der Waals surface area contributed by atoms with Crippen molar-refractivity contribution in [2.24, 2.45) is 0 Å². The van der Waals surface area contributed by atoms with Crippen LogP contribution in [-0.2, 0) is 16.1 Å². The van der Waals surface area contributed by atoms with E-state index in [-0.39, 0.29) is 11.9 Å². The van der Waals surface area contributed by atoms with E-state index in [1.54, 1.807) is 0 Å². The highest BCUT2D eigenvalue weighted by Gasteiger charge is 2.27. The number of carbonyl (C=O) groups is 1. The number of hydrogen-bond donors (Lipinski definition) is 0. The van der Waals surface area contributed by atoms with Crippen LogP contribution in [0, 0.1) is 13.8 Å². The predicted octanol–water partition coefficient (Wildman–Crippen LogP) is 6.91. The van der Waals surface area contributed by atoms with Gasteiger partial charge in [-0.05, 0) is 91.6 Å². The van der Waals surface area contributed by atoms with Gasteiger partial charge in [0.2, 0.25) is 0 Å². The fourth-order valence-electron chi connectivity index (χ4n) is 5.43. The Kier molecular flexibility index (Phi) is 7.17. The molecule has 5 heteroatoms. The zero-order valence-corrected chi connectivity index (χ0v) is 21.3. The molecule has 1 aliphatic carbocycles. The Bertz CT molecular complexity index is 1220. The molecule has 1 unspecified atom stereocenters. The highest BCUT2D eigenvalue weighted by molar-refractivity contribution is 5.72. The topological polar surface area (TPSA) is 54.0 Å². The van der Waals surface area contributed by atoms with Crippen molar-refractivity contribution in [2.75, 3.05) is 13.7 Å². The summed E-state index contributed by atoms with van der Waals surface area (Å²) in [5, 5.41) is 0. The van der Waals surface area contributed by atoms with E-state index >= 15 is 0 Å². The molecule has 0 saturated heterocycles. The number of rotatable bonds is 8. The maximum absolute atomic E-state index is 11.7. The molecular weight excluding hydrogens is 452 g/mol. The van der Waals surface area contributed by atoms with Crippen molar-refractivity contribution in [3.63, 3.8) is 0 Å². The van der Waals surface area contributed by atoms with Gasteiger partial charge in [-0.25, -0.2) is 0 Å². The van der Waals surface area contributed by atoms with E-state index in [0.717, 1.165) is 41.2 Å². The van der Waals surface area contributed by atoms with Crippen LogP contribution in [-0.4, -0.2) is 25.8 Å². The molecule has 0 radical (unpaired) electrons. The molecule has 0 aromatic heterocycles. The first-order chi connectivity index (χ1) is 17.5. The van der Waals surface area contributed by atoms with Gasteiger partial charge < -0.3 is 18.9 Å². The zero-order chi connectivity index (χ0) is 25.1. The lowest BCUT2D eigenvalue weighted by atomic mass is 9.94. The number of hydrogen-bond acceptors (Lipinski definition) is 5. The Hall–Kier alpha value is -3.47. The minimum atomic E-state index is -0.224. The molecular formula is C31H34O5. The first-order valence-corrected chi connectivity index (χ1v) is 12.8. The highest BCUT2D eigenvalue weighted by atomic mass is 16.5. The van der Waals surface area contributed by atoms with Gasteiger partial charge in [0.05, 0.1) is 26.2 Å². The van der Waals surface area contributed by atoms with Gasteiger partial charge in [0.25, 0.3) is 0 Å². The second kappa shape index (κ2) is 10.7. The van der Waals surface area contributed by atoms with Crippen LogP contribution in [0.25, 0.3) is 11.1 Å². The van der Waals surface area contributed by atoms with Crippen LogP contribution in [0.3, 0.4) is 0 Å². The average molecular weight is 487 g/mol. The summed E-state index contributed by atoms with van der Waals surface area (Å²) in [6.45, 7) is 5.26. The van der Waals surface area contributed by atoms with Gasteiger partial charge in [0, 0.05) is 17.5 Å². The Balaban J connectivity index is 1.27. The summed E-state index contributed by atoms with van der Waals surface area (Å²) >= 11 is 0. The van der Waals surface area contributed by atoms with E-state index in [2.05, 4.69) is 50.2 Å². The van der Waals surface area contributed by atoms with E-state index < -0.39 is 0 Å². The quantitative estimate of drug-likeness (QED) is 0.324. The molecule has 1 heterocycles. The number of methoxy groups -OCH3 is 1. The number of fused-ring (bicyclic) bond motifs is 1. The Labute approximate surface area is 213 Å². The van der Waals surface area contributed by atoms with Crippen molar-refractivity contribution in [3.05, 3.63) is 76.9 Å². The first-order valence-electron chi connectivity index (χ1n) is 12.8. The fraction of sp³-hybridized carbons (Fsp3) is 0.387.